The average molecular weight is 543 g/mol. The molecule has 0 fully saturated rings. The van der Waals surface area contributed by atoms with Gasteiger partial charge in [-0.1, -0.05) is 24.1 Å². The maximum Gasteiger partial charge on any atom is 0.407 e. The molecule has 0 saturated carbocycles. The van der Waals surface area contributed by atoms with Gasteiger partial charge in [0.15, 0.2) is 0 Å². The molecule has 38 heavy (non-hydrogen) atoms. The zero-order valence-electron chi connectivity index (χ0n) is 22.9. The maximum absolute atomic E-state index is 15.1. The van der Waals surface area contributed by atoms with Crippen LogP contribution >= 0.6 is 11.9 Å². The van der Waals surface area contributed by atoms with Gasteiger partial charge < -0.3 is 23.7 Å². The average Bonchev–Trinajstić information content (AvgIpc) is 3.12. The number of nitrogens with one attached hydrogen (secondary N) is 1. The zero-order chi connectivity index (χ0) is 28.0. The molecule has 0 unspecified atom stereocenters. The van der Waals surface area contributed by atoms with E-state index in [1.165, 1.54) is 6.08 Å². The number of hydrogen-bond donors (Lipinski definition) is 1. The summed E-state index contributed by atoms with van der Waals surface area (Å²) >= 11 is 1.58. The van der Waals surface area contributed by atoms with E-state index in [9.17, 15) is 9.59 Å². The van der Waals surface area contributed by atoms with Crippen molar-refractivity contribution in [3.05, 3.63) is 59.7 Å². The predicted octanol–water partition coefficient (Wildman–Crippen LogP) is 6.28. The first kappa shape index (κ1) is 29.0. The molecule has 0 saturated heterocycles. The summed E-state index contributed by atoms with van der Waals surface area (Å²) in [4.78, 5) is 29.0. The number of anilines is 1. The fourth-order valence-corrected chi connectivity index (χ4v) is 4.27. The number of nitrogens with zero attached hydrogens (tertiary/aromatic N) is 3. The number of amides is 1. The minimum absolute atomic E-state index is 0.0137. The lowest BCUT2D eigenvalue weighted by molar-refractivity contribution is 0.0514. The Labute approximate surface area is 227 Å². The summed E-state index contributed by atoms with van der Waals surface area (Å²) in [5.74, 6) is -0.946. The molecule has 1 amide bonds. The Hall–Kier alpha value is -3.53. The maximum atomic E-state index is 15.1. The first-order valence-electron chi connectivity index (χ1n) is 12.3. The van der Waals surface area contributed by atoms with Crippen LogP contribution in [0.4, 0.5) is 14.9 Å². The molecule has 8 nitrogen and oxygen atoms in total. The Bertz CT molecular complexity index is 1350. The van der Waals surface area contributed by atoms with Crippen LogP contribution < -0.4 is 9.62 Å². The number of ether oxygens (including phenoxy) is 2. The quantitative estimate of drug-likeness (QED) is 0.252. The van der Waals surface area contributed by atoms with Gasteiger partial charge in [0.1, 0.15) is 17.1 Å². The van der Waals surface area contributed by atoms with Gasteiger partial charge >= 0.3 is 12.1 Å². The Morgan fingerprint density at radius 2 is 1.97 bits per heavy atom. The number of alkyl carbamates (subject to hydrolysis) is 1. The van der Waals surface area contributed by atoms with E-state index < -0.39 is 23.5 Å². The molecule has 204 valence electrons. The lowest BCUT2D eigenvalue weighted by atomic mass is 10.0. The molecular formula is C28H35FN4O4S. The van der Waals surface area contributed by atoms with Crippen LogP contribution in [0.15, 0.2) is 48.3 Å². The van der Waals surface area contributed by atoms with E-state index in [-0.39, 0.29) is 25.4 Å². The highest BCUT2D eigenvalue weighted by molar-refractivity contribution is 7.99. The van der Waals surface area contributed by atoms with E-state index in [1.54, 1.807) is 51.8 Å². The number of pyridine rings is 1. The van der Waals surface area contributed by atoms with Crippen molar-refractivity contribution in [1.29, 1.82) is 0 Å². The van der Waals surface area contributed by atoms with Crippen molar-refractivity contribution < 1.29 is 23.5 Å². The molecular weight excluding hydrogens is 507 g/mol. The number of hydrogen-bond acceptors (Lipinski definition) is 7. The molecule has 0 aliphatic rings. The van der Waals surface area contributed by atoms with Crippen LogP contribution in [0.2, 0.25) is 0 Å². The van der Waals surface area contributed by atoms with Crippen molar-refractivity contribution in [2.75, 3.05) is 30.8 Å². The van der Waals surface area contributed by atoms with Crippen LogP contribution in [0.3, 0.4) is 0 Å². The van der Waals surface area contributed by atoms with Crippen LogP contribution in [-0.4, -0.2) is 53.7 Å². The molecule has 0 spiro atoms. The van der Waals surface area contributed by atoms with Crippen LogP contribution in [-0.2, 0) is 16.0 Å². The van der Waals surface area contributed by atoms with E-state index in [1.807, 2.05) is 53.4 Å². The second kappa shape index (κ2) is 12.3. The summed E-state index contributed by atoms with van der Waals surface area (Å²) in [6.07, 6.45) is 2.69. The summed E-state index contributed by atoms with van der Waals surface area (Å²) in [6, 6.07) is 11.3. The molecule has 1 aromatic carbocycles. The third-order valence-electron chi connectivity index (χ3n) is 5.70. The topological polar surface area (TPSA) is 85.7 Å². The van der Waals surface area contributed by atoms with Gasteiger partial charge in [-0.05, 0) is 70.5 Å². The van der Waals surface area contributed by atoms with Gasteiger partial charge in [-0.2, -0.15) is 0 Å². The summed E-state index contributed by atoms with van der Waals surface area (Å²) in [7, 11) is 1.97. The number of aromatic nitrogens is 2. The van der Waals surface area contributed by atoms with E-state index >= 15 is 4.39 Å². The smallest absolute Gasteiger partial charge is 0.407 e. The Morgan fingerprint density at radius 3 is 2.63 bits per heavy atom. The van der Waals surface area contributed by atoms with E-state index in [2.05, 4.69) is 10.3 Å². The van der Waals surface area contributed by atoms with Crippen LogP contribution in [0, 0.1) is 6.92 Å². The van der Waals surface area contributed by atoms with E-state index in [0.717, 1.165) is 22.5 Å². The fraction of sp³-hybridized carbons (Fsp3) is 0.393. The van der Waals surface area contributed by atoms with E-state index in [4.69, 9.17) is 9.47 Å². The molecule has 0 bridgehead atoms. The van der Waals surface area contributed by atoms with Gasteiger partial charge in [0.05, 0.1) is 24.2 Å². The van der Waals surface area contributed by atoms with Crippen LogP contribution in [0.5, 0.6) is 0 Å². The number of esters is 1. The monoisotopic (exact) mass is 542 g/mol. The Morgan fingerprint density at radius 1 is 1.24 bits per heavy atom. The molecule has 0 aliphatic heterocycles. The largest absolute Gasteiger partial charge is 0.461 e. The summed E-state index contributed by atoms with van der Waals surface area (Å²) in [6.45, 7) is 9.08. The molecule has 0 atom stereocenters. The number of rotatable bonds is 9. The van der Waals surface area contributed by atoms with Crippen molar-refractivity contribution in [3.63, 3.8) is 0 Å². The van der Waals surface area contributed by atoms with Crippen molar-refractivity contribution in [3.8, 4) is 11.1 Å². The molecule has 0 aliphatic carbocycles. The van der Waals surface area contributed by atoms with Gasteiger partial charge in [0, 0.05) is 36.8 Å². The fourth-order valence-electron chi connectivity index (χ4n) is 3.95. The van der Waals surface area contributed by atoms with Crippen molar-refractivity contribution >= 4 is 40.7 Å². The van der Waals surface area contributed by atoms with Crippen molar-refractivity contribution in [2.24, 2.45) is 0 Å². The van der Waals surface area contributed by atoms with Gasteiger partial charge in [0.25, 0.3) is 0 Å². The Balaban J connectivity index is 2.02. The van der Waals surface area contributed by atoms with E-state index in [0.29, 0.717) is 11.0 Å². The first-order valence-corrected chi connectivity index (χ1v) is 13.5. The number of carbonyl (C=O) groups is 2. The minimum Gasteiger partial charge on any atom is -0.461 e. The minimum atomic E-state index is -0.638. The Kier molecular flexibility index (Phi) is 9.43. The molecule has 0 radical (unpaired) electrons. The van der Waals surface area contributed by atoms with Gasteiger partial charge in [-0.25, -0.2) is 19.0 Å². The predicted molar refractivity (Wildman–Crippen MR) is 151 cm³/mol. The number of halogens is 1. The summed E-state index contributed by atoms with van der Waals surface area (Å²) < 4.78 is 29.3. The second-order valence-electron chi connectivity index (χ2n) is 9.60. The highest BCUT2D eigenvalue weighted by Gasteiger charge is 2.21. The van der Waals surface area contributed by atoms with Gasteiger partial charge in [-0.15, -0.1) is 0 Å². The highest BCUT2D eigenvalue weighted by Crippen LogP contribution is 2.36. The zero-order valence-corrected chi connectivity index (χ0v) is 23.7. The van der Waals surface area contributed by atoms with Crippen LogP contribution in [0.25, 0.3) is 22.2 Å². The number of benzene rings is 1. The third-order valence-corrected chi connectivity index (χ3v) is 6.46. The summed E-state index contributed by atoms with van der Waals surface area (Å²) in [5.41, 5.74) is 4.30. The van der Waals surface area contributed by atoms with Crippen LogP contribution in [0.1, 0.15) is 43.9 Å². The molecule has 10 heteroatoms. The molecule has 2 aromatic heterocycles. The molecule has 3 rings (SSSR count). The van der Waals surface area contributed by atoms with Crippen molar-refractivity contribution in [1.82, 2.24) is 14.9 Å². The standard InChI is InChI=1S/C28H35FN4O4S/c1-8-36-26(34)22-12-13-23-25(31-22)24(19-10-9-11-21(16-19)32(6)38-7)18(2)33(23)17-20(29)14-15-30-27(35)37-28(3,4)5/h9-14,16H,8,15,17H2,1-7H3,(H,30,35)/b20-14-. The lowest BCUT2D eigenvalue weighted by Gasteiger charge is -2.19. The summed E-state index contributed by atoms with van der Waals surface area (Å²) in [5, 5.41) is 2.54. The molecule has 2 heterocycles. The SMILES string of the molecule is CCOC(=O)c1ccc2c(n1)c(-c1cccc(N(C)SC)c1)c(C)n2C/C(F)=C/CNC(=O)OC(C)(C)C. The molecule has 3 aromatic rings. The normalized spacial score (nSPS) is 11.9. The number of carbonyl (C=O) groups excluding carboxylic acids is 2. The third kappa shape index (κ3) is 7.06. The number of fused-ring (bicyclic) bond motifs is 1. The molecule has 1 N–H and O–H groups in total. The number of allylic oxidation sites excluding steroid dienone is 1. The first-order chi connectivity index (χ1) is 17.9. The van der Waals surface area contributed by atoms with Crippen molar-refractivity contribution in [2.45, 2.75) is 46.8 Å². The van der Waals surface area contributed by atoms with Gasteiger partial charge in [-0.3, -0.25) is 0 Å². The van der Waals surface area contributed by atoms with Gasteiger partial charge in [0.2, 0.25) is 0 Å². The highest BCUT2D eigenvalue weighted by atomic mass is 32.2. The second-order valence-corrected chi connectivity index (χ2v) is 10.5. The lowest BCUT2D eigenvalue weighted by Crippen LogP contribution is -2.32.